The standard InChI is InChI=1S/C22H22N4O4S/c1-14(16-9-11-18(12-10-16)31(3,27)28)23-13-19-24-25-22(29-19)20-15(2)30-26-21(20)17-7-5-4-6-8-17/h4-12,14,23H,13H2,1-3H3/t14-/m0/s1. The van der Waals surface area contributed by atoms with Crippen LogP contribution in [-0.4, -0.2) is 30.0 Å². The van der Waals surface area contributed by atoms with Crippen LogP contribution in [0.25, 0.3) is 22.7 Å². The lowest BCUT2D eigenvalue weighted by Crippen LogP contribution is -2.18. The summed E-state index contributed by atoms with van der Waals surface area (Å²) in [4.78, 5) is 0.295. The Hall–Kier alpha value is -3.30. The quantitative estimate of drug-likeness (QED) is 0.462. The molecular weight excluding hydrogens is 416 g/mol. The second-order valence-corrected chi connectivity index (χ2v) is 9.29. The highest BCUT2D eigenvalue weighted by atomic mass is 32.2. The summed E-state index contributed by atoms with van der Waals surface area (Å²) in [6.45, 7) is 4.14. The van der Waals surface area contributed by atoms with Crippen molar-refractivity contribution in [3.05, 3.63) is 71.8 Å². The first-order valence-corrected chi connectivity index (χ1v) is 11.6. The molecule has 0 aliphatic carbocycles. The number of benzene rings is 2. The summed E-state index contributed by atoms with van der Waals surface area (Å²) in [6, 6.07) is 16.4. The van der Waals surface area contributed by atoms with E-state index in [-0.39, 0.29) is 6.04 Å². The fourth-order valence-electron chi connectivity index (χ4n) is 3.21. The number of sulfone groups is 1. The van der Waals surface area contributed by atoms with Gasteiger partial charge in [0, 0.05) is 17.9 Å². The summed E-state index contributed by atoms with van der Waals surface area (Å²) in [5.74, 6) is 1.37. The molecule has 0 aliphatic heterocycles. The summed E-state index contributed by atoms with van der Waals surface area (Å²) in [7, 11) is -3.21. The Morgan fingerprint density at radius 1 is 1.03 bits per heavy atom. The highest BCUT2D eigenvalue weighted by molar-refractivity contribution is 7.90. The van der Waals surface area contributed by atoms with Crippen LogP contribution in [0.15, 0.2) is 68.4 Å². The van der Waals surface area contributed by atoms with Gasteiger partial charge in [0.15, 0.2) is 9.84 Å². The van der Waals surface area contributed by atoms with Crippen molar-refractivity contribution in [1.82, 2.24) is 20.7 Å². The maximum atomic E-state index is 11.6. The van der Waals surface area contributed by atoms with Gasteiger partial charge >= 0.3 is 0 Å². The Morgan fingerprint density at radius 2 is 1.74 bits per heavy atom. The van der Waals surface area contributed by atoms with Gasteiger partial charge in [-0.15, -0.1) is 10.2 Å². The number of nitrogens with zero attached hydrogens (tertiary/aromatic N) is 3. The first-order chi connectivity index (χ1) is 14.8. The van der Waals surface area contributed by atoms with E-state index in [1.54, 1.807) is 31.2 Å². The Kier molecular flexibility index (Phi) is 5.71. The topological polar surface area (TPSA) is 111 Å². The summed E-state index contributed by atoms with van der Waals surface area (Å²) >= 11 is 0. The molecule has 160 valence electrons. The molecule has 0 saturated carbocycles. The van der Waals surface area contributed by atoms with Crippen LogP contribution in [0.4, 0.5) is 0 Å². The maximum Gasteiger partial charge on any atom is 0.253 e. The van der Waals surface area contributed by atoms with Crippen LogP contribution >= 0.6 is 0 Å². The van der Waals surface area contributed by atoms with E-state index in [9.17, 15) is 8.42 Å². The predicted octanol–water partition coefficient (Wildman–Crippen LogP) is 3.95. The van der Waals surface area contributed by atoms with E-state index in [1.165, 1.54) is 6.26 Å². The van der Waals surface area contributed by atoms with Gasteiger partial charge in [-0.3, -0.25) is 0 Å². The first-order valence-electron chi connectivity index (χ1n) is 9.71. The van der Waals surface area contributed by atoms with Crippen molar-refractivity contribution in [2.45, 2.75) is 31.3 Å². The van der Waals surface area contributed by atoms with Crippen molar-refractivity contribution in [2.24, 2.45) is 0 Å². The third-order valence-electron chi connectivity index (χ3n) is 4.96. The number of aromatic nitrogens is 3. The van der Waals surface area contributed by atoms with Gasteiger partial charge in [0.1, 0.15) is 17.0 Å². The highest BCUT2D eigenvalue weighted by Crippen LogP contribution is 2.33. The SMILES string of the molecule is Cc1onc(-c2ccccc2)c1-c1nnc(CN[C@@H](C)c2ccc(S(C)(=O)=O)cc2)o1. The van der Waals surface area contributed by atoms with Crippen molar-refractivity contribution < 1.29 is 17.4 Å². The summed E-state index contributed by atoms with van der Waals surface area (Å²) in [5.41, 5.74) is 3.18. The minimum Gasteiger partial charge on any atom is -0.419 e. The summed E-state index contributed by atoms with van der Waals surface area (Å²) in [5, 5.41) is 15.8. The highest BCUT2D eigenvalue weighted by Gasteiger charge is 2.22. The lowest BCUT2D eigenvalue weighted by atomic mass is 10.1. The van der Waals surface area contributed by atoms with E-state index >= 15 is 0 Å². The lowest BCUT2D eigenvalue weighted by Gasteiger charge is -2.13. The molecule has 0 fully saturated rings. The number of hydrogen-bond acceptors (Lipinski definition) is 8. The first kappa shape index (κ1) is 21.0. The van der Waals surface area contributed by atoms with Crippen LogP contribution < -0.4 is 5.32 Å². The van der Waals surface area contributed by atoms with Crippen molar-refractivity contribution in [1.29, 1.82) is 0 Å². The van der Waals surface area contributed by atoms with Crippen LogP contribution in [0.5, 0.6) is 0 Å². The third-order valence-corrected chi connectivity index (χ3v) is 6.09. The van der Waals surface area contributed by atoms with Gasteiger partial charge in [-0.05, 0) is 31.5 Å². The molecule has 2 aromatic carbocycles. The number of nitrogens with one attached hydrogen (secondary N) is 1. The third kappa shape index (κ3) is 4.57. The molecule has 2 aromatic heterocycles. The summed E-state index contributed by atoms with van der Waals surface area (Å²) in [6.07, 6.45) is 1.19. The van der Waals surface area contributed by atoms with Crippen molar-refractivity contribution in [2.75, 3.05) is 6.26 Å². The van der Waals surface area contributed by atoms with Gasteiger partial charge in [-0.25, -0.2) is 8.42 Å². The molecule has 0 unspecified atom stereocenters. The Balaban J connectivity index is 1.48. The molecule has 0 saturated heterocycles. The molecule has 0 bridgehead atoms. The minimum atomic E-state index is -3.21. The molecule has 31 heavy (non-hydrogen) atoms. The van der Waals surface area contributed by atoms with E-state index in [0.29, 0.717) is 40.2 Å². The van der Waals surface area contributed by atoms with Gasteiger partial charge in [0.05, 0.1) is 11.4 Å². The fourth-order valence-corrected chi connectivity index (χ4v) is 3.84. The van der Waals surface area contributed by atoms with E-state index in [0.717, 1.165) is 11.1 Å². The van der Waals surface area contributed by atoms with Gasteiger partial charge < -0.3 is 14.3 Å². The van der Waals surface area contributed by atoms with E-state index in [2.05, 4.69) is 20.7 Å². The Morgan fingerprint density at radius 3 is 2.42 bits per heavy atom. The maximum absolute atomic E-state index is 11.6. The molecule has 0 spiro atoms. The minimum absolute atomic E-state index is 0.0406. The second-order valence-electron chi connectivity index (χ2n) is 7.27. The van der Waals surface area contributed by atoms with Gasteiger partial charge in [0.25, 0.3) is 5.89 Å². The van der Waals surface area contributed by atoms with Crippen molar-refractivity contribution in [3.8, 4) is 22.7 Å². The van der Waals surface area contributed by atoms with Crippen molar-refractivity contribution in [3.63, 3.8) is 0 Å². The van der Waals surface area contributed by atoms with Gasteiger partial charge in [-0.2, -0.15) is 0 Å². The lowest BCUT2D eigenvalue weighted by molar-refractivity contribution is 0.399. The fraction of sp³-hybridized carbons (Fsp3) is 0.227. The largest absolute Gasteiger partial charge is 0.419 e. The molecule has 0 radical (unpaired) electrons. The molecule has 4 aromatic rings. The van der Waals surface area contributed by atoms with Crippen LogP contribution in [0, 0.1) is 6.92 Å². The van der Waals surface area contributed by atoms with Crippen LogP contribution in [-0.2, 0) is 16.4 Å². The van der Waals surface area contributed by atoms with Crippen LogP contribution in [0.1, 0.15) is 30.2 Å². The average Bonchev–Trinajstić information content (AvgIpc) is 3.38. The molecule has 0 amide bonds. The van der Waals surface area contributed by atoms with E-state index < -0.39 is 9.84 Å². The normalized spacial score (nSPS) is 12.7. The summed E-state index contributed by atoms with van der Waals surface area (Å²) < 4.78 is 34.4. The number of aryl methyl sites for hydroxylation is 1. The van der Waals surface area contributed by atoms with Crippen LogP contribution in [0.3, 0.4) is 0 Å². The van der Waals surface area contributed by atoms with Gasteiger partial charge in [0.2, 0.25) is 5.89 Å². The Labute approximate surface area is 180 Å². The second kappa shape index (κ2) is 8.44. The molecule has 0 aliphatic rings. The number of hydrogen-bond donors (Lipinski definition) is 1. The van der Waals surface area contributed by atoms with E-state index in [1.807, 2.05) is 37.3 Å². The van der Waals surface area contributed by atoms with Crippen LogP contribution in [0.2, 0.25) is 0 Å². The molecule has 9 heteroatoms. The average molecular weight is 439 g/mol. The smallest absolute Gasteiger partial charge is 0.253 e. The molecular formula is C22H22N4O4S. The molecule has 1 N–H and O–H groups in total. The molecule has 4 rings (SSSR count). The van der Waals surface area contributed by atoms with Crippen molar-refractivity contribution >= 4 is 9.84 Å². The predicted molar refractivity (Wildman–Crippen MR) is 115 cm³/mol. The molecule has 1 atom stereocenters. The van der Waals surface area contributed by atoms with E-state index in [4.69, 9.17) is 8.94 Å². The zero-order valence-corrected chi connectivity index (χ0v) is 18.2. The molecule has 2 heterocycles. The Bertz CT molecular complexity index is 1280. The zero-order valence-electron chi connectivity index (χ0n) is 17.4. The van der Waals surface area contributed by atoms with Gasteiger partial charge in [-0.1, -0.05) is 47.6 Å². The zero-order chi connectivity index (χ0) is 22.0. The number of rotatable bonds is 7. The molecule has 8 nitrogen and oxygen atoms in total. The monoisotopic (exact) mass is 438 g/mol.